The SMILES string of the molecule is CN1CC(=O)N(c2cccc(F)c2)CC12CCN(C(=O)c1ccoc1)C2.O=C(O)C(F)(F)F. The van der Waals surface area contributed by atoms with Gasteiger partial charge in [-0.25, -0.2) is 9.18 Å². The number of benzene rings is 1. The molecule has 2 saturated heterocycles. The largest absolute Gasteiger partial charge is 0.490 e. The Balaban J connectivity index is 0.000000383. The van der Waals surface area contributed by atoms with Crippen LogP contribution in [0.4, 0.5) is 23.2 Å². The molecule has 1 unspecified atom stereocenters. The van der Waals surface area contributed by atoms with E-state index < -0.39 is 12.1 Å². The van der Waals surface area contributed by atoms with E-state index >= 15 is 0 Å². The van der Waals surface area contributed by atoms with Crippen molar-refractivity contribution in [1.82, 2.24) is 9.80 Å². The summed E-state index contributed by atoms with van der Waals surface area (Å²) in [5, 5.41) is 7.12. The van der Waals surface area contributed by atoms with Gasteiger partial charge in [-0.3, -0.25) is 14.5 Å². The minimum absolute atomic E-state index is 0.0664. The summed E-state index contributed by atoms with van der Waals surface area (Å²) in [4.78, 5) is 39.5. The zero-order chi connectivity index (χ0) is 24.4. The molecule has 2 aromatic rings. The van der Waals surface area contributed by atoms with Gasteiger partial charge in [0, 0.05) is 25.3 Å². The van der Waals surface area contributed by atoms with E-state index in [1.807, 2.05) is 11.9 Å². The number of halogens is 4. The summed E-state index contributed by atoms with van der Waals surface area (Å²) >= 11 is 0. The van der Waals surface area contributed by atoms with E-state index in [4.69, 9.17) is 14.3 Å². The highest BCUT2D eigenvalue weighted by molar-refractivity contribution is 5.96. The Kier molecular flexibility index (Phi) is 6.77. The summed E-state index contributed by atoms with van der Waals surface area (Å²) in [6, 6.07) is 7.73. The lowest BCUT2D eigenvalue weighted by molar-refractivity contribution is -0.192. The molecule has 2 fully saturated rings. The molecule has 12 heteroatoms. The van der Waals surface area contributed by atoms with Gasteiger partial charge in [0.25, 0.3) is 5.91 Å². The molecule has 2 aliphatic heterocycles. The summed E-state index contributed by atoms with van der Waals surface area (Å²) in [7, 11) is 1.91. The average molecular weight is 471 g/mol. The van der Waals surface area contributed by atoms with Crippen molar-refractivity contribution in [2.75, 3.05) is 38.1 Å². The van der Waals surface area contributed by atoms with Gasteiger partial charge in [0.2, 0.25) is 5.91 Å². The first kappa shape index (κ1) is 24.2. The predicted molar refractivity (Wildman–Crippen MR) is 107 cm³/mol. The number of hydrogen-bond acceptors (Lipinski definition) is 5. The van der Waals surface area contributed by atoms with E-state index in [9.17, 15) is 27.2 Å². The zero-order valence-corrected chi connectivity index (χ0v) is 17.5. The molecule has 2 aliphatic rings. The van der Waals surface area contributed by atoms with E-state index in [0.717, 1.165) is 6.42 Å². The molecule has 8 nitrogen and oxygen atoms in total. The van der Waals surface area contributed by atoms with Crippen LogP contribution in [0, 0.1) is 5.82 Å². The first-order valence-electron chi connectivity index (χ1n) is 9.82. The van der Waals surface area contributed by atoms with Crippen molar-refractivity contribution in [2.24, 2.45) is 0 Å². The molecule has 0 radical (unpaired) electrons. The molecule has 2 amide bonds. The minimum atomic E-state index is -5.08. The van der Waals surface area contributed by atoms with E-state index in [0.29, 0.717) is 30.9 Å². The number of furan rings is 1. The van der Waals surface area contributed by atoms with Crippen molar-refractivity contribution in [3.63, 3.8) is 0 Å². The third-order valence-electron chi connectivity index (χ3n) is 5.69. The Hall–Kier alpha value is -3.41. The van der Waals surface area contributed by atoms with Crippen LogP contribution in [-0.2, 0) is 9.59 Å². The molecule has 33 heavy (non-hydrogen) atoms. The number of amides is 2. The summed E-state index contributed by atoms with van der Waals surface area (Å²) in [5.41, 5.74) is 0.750. The van der Waals surface area contributed by atoms with Crippen LogP contribution in [0.25, 0.3) is 0 Å². The first-order chi connectivity index (χ1) is 15.4. The Morgan fingerprint density at radius 1 is 1.18 bits per heavy atom. The van der Waals surface area contributed by atoms with Gasteiger partial charge in [-0.05, 0) is 37.7 Å². The number of anilines is 1. The maximum Gasteiger partial charge on any atom is 0.490 e. The number of carbonyl (C=O) groups is 3. The van der Waals surface area contributed by atoms with E-state index in [-0.39, 0.29) is 29.7 Å². The molecule has 1 aromatic carbocycles. The normalized spacial score (nSPS) is 21.2. The number of nitrogens with zero attached hydrogens (tertiary/aromatic N) is 3. The van der Waals surface area contributed by atoms with E-state index in [1.165, 1.54) is 24.7 Å². The minimum Gasteiger partial charge on any atom is -0.475 e. The number of carboxylic acid groups (broad SMARTS) is 1. The van der Waals surface area contributed by atoms with Gasteiger partial charge in [0.05, 0.1) is 23.9 Å². The molecular weight excluding hydrogens is 450 g/mol. The van der Waals surface area contributed by atoms with Crippen molar-refractivity contribution in [3.8, 4) is 0 Å². The molecular formula is C21H21F4N3O5. The molecule has 178 valence electrons. The lowest BCUT2D eigenvalue weighted by Gasteiger charge is -2.46. The van der Waals surface area contributed by atoms with Crippen LogP contribution in [0.5, 0.6) is 0 Å². The lowest BCUT2D eigenvalue weighted by Crippen LogP contribution is -2.64. The number of likely N-dealkylation sites (tertiary alicyclic amines) is 1. The van der Waals surface area contributed by atoms with Crippen LogP contribution in [0.15, 0.2) is 47.3 Å². The molecule has 0 saturated carbocycles. The lowest BCUT2D eigenvalue weighted by atomic mass is 9.92. The standard InChI is InChI=1S/C19H20FN3O3.C2HF3O2/c1-21-10-17(24)23(16-4-2-3-15(20)9-16)13-19(21)6-7-22(12-19)18(25)14-5-8-26-11-14;3-2(4,5)1(6)7/h2-5,8-9,11H,6-7,10,12-13H2,1H3;(H,6,7). The van der Waals surface area contributed by atoms with Gasteiger partial charge in [-0.1, -0.05) is 6.07 Å². The highest BCUT2D eigenvalue weighted by Gasteiger charge is 2.48. The molecule has 3 heterocycles. The molecule has 1 aromatic heterocycles. The van der Waals surface area contributed by atoms with Gasteiger partial charge in [-0.2, -0.15) is 13.2 Å². The van der Waals surface area contributed by atoms with E-state index in [1.54, 1.807) is 28.0 Å². The zero-order valence-electron chi connectivity index (χ0n) is 17.5. The first-order valence-corrected chi connectivity index (χ1v) is 9.82. The molecule has 4 rings (SSSR count). The highest BCUT2D eigenvalue weighted by Crippen LogP contribution is 2.34. The summed E-state index contributed by atoms with van der Waals surface area (Å²) in [6.07, 6.45) is -1.40. The molecule has 0 bridgehead atoms. The number of hydrogen-bond donors (Lipinski definition) is 1. The topological polar surface area (TPSA) is 94.3 Å². The van der Waals surface area contributed by atoms with Crippen molar-refractivity contribution in [3.05, 3.63) is 54.2 Å². The monoisotopic (exact) mass is 471 g/mol. The summed E-state index contributed by atoms with van der Waals surface area (Å²) in [6.45, 7) is 1.80. The molecule has 1 atom stereocenters. The van der Waals surface area contributed by atoms with Gasteiger partial charge >= 0.3 is 12.1 Å². The fourth-order valence-electron chi connectivity index (χ4n) is 3.88. The Morgan fingerprint density at radius 3 is 2.45 bits per heavy atom. The quantitative estimate of drug-likeness (QED) is 0.677. The van der Waals surface area contributed by atoms with Crippen molar-refractivity contribution >= 4 is 23.5 Å². The van der Waals surface area contributed by atoms with Gasteiger partial charge in [0.1, 0.15) is 12.1 Å². The van der Waals surface area contributed by atoms with Crippen LogP contribution < -0.4 is 4.90 Å². The molecule has 1 spiro atoms. The number of rotatable bonds is 2. The number of carbonyl (C=O) groups excluding carboxylic acids is 2. The average Bonchev–Trinajstić information content (AvgIpc) is 3.41. The second-order valence-electron chi connectivity index (χ2n) is 7.83. The smallest absolute Gasteiger partial charge is 0.475 e. The third kappa shape index (κ3) is 5.33. The van der Waals surface area contributed by atoms with Gasteiger partial charge in [-0.15, -0.1) is 0 Å². The van der Waals surface area contributed by atoms with Crippen LogP contribution in [0.2, 0.25) is 0 Å². The fraction of sp³-hybridized carbons (Fsp3) is 0.381. The van der Waals surface area contributed by atoms with E-state index in [2.05, 4.69) is 0 Å². The Bertz CT molecular complexity index is 1030. The number of likely N-dealkylation sites (N-methyl/N-ethyl adjacent to an activating group) is 1. The van der Waals surface area contributed by atoms with Gasteiger partial charge in [0.15, 0.2) is 0 Å². The Labute approximate surface area is 186 Å². The Morgan fingerprint density at radius 2 is 1.88 bits per heavy atom. The van der Waals surface area contributed by atoms with Crippen LogP contribution in [0.3, 0.4) is 0 Å². The maximum atomic E-state index is 13.6. The third-order valence-corrected chi connectivity index (χ3v) is 5.69. The van der Waals surface area contributed by atoms with Crippen molar-refractivity contribution in [1.29, 1.82) is 0 Å². The maximum absolute atomic E-state index is 13.6. The summed E-state index contributed by atoms with van der Waals surface area (Å²) < 4.78 is 50.4. The number of piperazine rings is 1. The number of carboxylic acids is 1. The number of aliphatic carboxylic acids is 1. The second kappa shape index (κ2) is 9.22. The predicted octanol–water partition coefficient (Wildman–Crippen LogP) is 2.62. The van der Waals surface area contributed by atoms with Crippen LogP contribution >= 0.6 is 0 Å². The van der Waals surface area contributed by atoms with Crippen molar-refractivity contribution < 1.29 is 41.5 Å². The van der Waals surface area contributed by atoms with Crippen molar-refractivity contribution in [2.45, 2.75) is 18.1 Å². The second-order valence-corrected chi connectivity index (χ2v) is 7.83. The fourth-order valence-corrected chi connectivity index (χ4v) is 3.88. The molecule has 0 aliphatic carbocycles. The summed E-state index contributed by atoms with van der Waals surface area (Å²) in [5.74, 6) is -3.26. The highest BCUT2D eigenvalue weighted by atomic mass is 19.4. The molecule has 1 N–H and O–H groups in total. The van der Waals surface area contributed by atoms with Crippen LogP contribution in [0.1, 0.15) is 16.8 Å². The van der Waals surface area contributed by atoms with Gasteiger partial charge < -0.3 is 19.3 Å². The number of alkyl halides is 3. The van der Waals surface area contributed by atoms with Crippen LogP contribution in [-0.4, -0.2) is 77.6 Å².